The molecule has 1 atom stereocenters. The molecule has 6 heteroatoms. The number of hydrogen-bond donors (Lipinski definition) is 1. The number of nitrogens with one attached hydrogen (secondary N) is 1. The third kappa shape index (κ3) is 4.29. The Morgan fingerprint density at radius 2 is 1.61 bits per heavy atom. The van der Waals surface area contributed by atoms with E-state index in [0.29, 0.717) is 18.0 Å². The molecule has 2 aromatic carbocycles. The summed E-state index contributed by atoms with van der Waals surface area (Å²) in [4.78, 5) is 5.99. The molecule has 1 heterocycles. The lowest BCUT2D eigenvalue weighted by Crippen LogP contribution is -2.18. The molecule has 0 fully saturated rings. The first-order valence-corrected chi connectivity index (χ1v) is 9.94. The van der Waals surface area contributed by atoms with Gasteiger partial charge < -0.3 is 19.5 Å². The first-order valence-electron chi connectivity index (χ1n) is 9.12. The Morgan fingerprint density at radius 1 is 0.964 bits per heavy atom. The monoisotopic (exact) mass is 398 g/mol. The predicted molar refractivity (Wildman–Crippen MR) is 114 cm³/mol. The minimum Gasteiger partial charge on any atom is -0.496 e. The minimum absolute atomic E-state index is 0.160. The number of ether oxygens (including phenoxy) is 3. The van der Waals surface area contributed by atoms with Crippen molar-refractivity contribution in [1.29, 1.82) is 0 Å². The van der Waals surface area contributed by atoms with Crippen molar-refractivity contribution in [1.82, 2.24) is 10.3 Å². The van der Waals surface area contributed by atoms with Crippen LogP contribution in [-0.4, -0.2) is 26.3 Å². The van der Waals surface area contributed by atoms with Crippen molar-refractivity contribution >= 4 is 11.3 Å². The highest BCUT2D eigenvalue weighted by molar-refractivity contribution is 7.15. The summed E-state index contributed by atoms with van der Waals surface area (Å²) >= 11 is 1.73. The Bertz CT molecular complexity index is 925. The van der Waals surface area contributed by atoms with Gasteiger partial charge in [-0.3, -0.25) is 0 Å². The van der Waals surface area contributed by atoms with Gasteiger partial charge >= 0.3 is 0 Å². The third-order valence-corrected chi connectivity index (χ3v) is 6.02. The summed E-state index contributed by atoms with van der Waals surface area (Å²) in [7, 11) is 4.91. The molecule has 148 valence electrons. The van der Waals surface area contributed by atoms with Crippen LogP contribution < -0.4 is 19.5 Å². The average Bonchev–Trinajstić information content (AvgIpc) is 3.13. The van der Waals surface area contributed by atoms with E-state index < -0.39 is 0 Å². The second-order valence-corrected chi connectivity index (χ2v) is 7.49. The Hall–Kier alpha value is -2.57. The van der Waals surface area contributed by atoms with Crippen molar-refractivity contribution < 1.29 is 14.2 Å². The molecule has 5 nitrogen and oxygen atoms in total. The highest BCUT2D eigenvalue weighted by Gasteiger charge is 2.17. The van der Waals surface area contributed by atoms with E-state index in [1.165, 1.54) is 4.88 Å². The van der Waals surface area contributed by atoms with Crippen molar-refractivity contribution in [3.8, 4) is 27.8 Å². The molecular formula is C22H26N2O3S. The maximum atomic E-state index is 5.53. The Balaban J connectivity index is 1.77. The number of methoxy groups -OCH3 is 3. The molecule has 0 saturated heterocycles. The van der Waals surface area contributed by atoms with E-state index in [9.17, 15) is 0 Å². The number of rotatable bonds is 8. The standard InChI is InChI=1S/C22H26N2O3S/c1-14(21-15(2)24-22(28-21)16-9-7-6-8-10-16)23-13-17-11-19(26-4)20(27-5)12-18(17)25-3/h6-12,14,23H,13H2,1-5H3. The fourth-order valence-corrected chi connectivity index (χ4v) is 4.20. The van der Waals surface area contributed by atoms with Gasteiger partial charge in [-0.25, -0.2) is 4.98 Å². The molecule has 0 aliphatic heterocycles. The number of aryl methyl sites for hydroxylation is 1. The molecule has 1 N–H and O–H groups in total. The van der Waals surface area contributed by atoms with Crippen molar-refractivity contribution in [3.63, 3.8) is 0 Å². The highest BCUT2D eigenvalue weighted by atomic mass is 32.1. The van der Waals surface area contributed by atoms with Crippen LogP contribution in [-0.2, 0) is 6.54 Å². The molecule has 3 aromatic rings. The van der Waals surface area contributed by atoms with Crippen molar-refractivity contribution in [2.24, 2.45) is 0 Å². The van der Waals surface area contributed by atoms with Crippen LogP contribution in [0.1, 0.15) is 29.1 Å². The van der Waals surface area contributed by atoms with Gasteiger partial charge in [0.05, 0.1) is 27.0 Å². The maximum Gasteiger partial charge on any atom is 0.164 e. The lowest BCUT2D eigenvalue weighted by Gasteiger charge is -2.17. The fourth-order valence-electron chi connectivity index (χ4n) is 3.10. The summed E-state index contributed by atoms with van der Waals surface area (Å²) < 4.78 is 16.3. The van der Waals surface area contributed by atoms with Crippen LogP contribution in [0.25, 0.3) is 10.6 Å². The Kier molecular flexibility index (Phi) is 6.54. The number of benzene rings is 2. The molecule has 1 unspecified atom stereocenters. The molecule has 0 radical (unpaired) electrons. The summed E-state index contributed by atoms with van der Waals surface area (Å²) in [6, 6.07) is 14.2. The van der Waals surface area contributed by atoms with E-state index in [1.54, 1.807) is 32.7 Å². The maximum absolute atomic E-state index is 5.53. The first kappa shape index (κ1) is 20.2. The van der Waals surface area contributed by atoms with Crippen molar-refractivity contribution in [3.05, 3.63) is 58.6 Å². The zero-order valence-electron chi connectivity index (χ0n) is 16.9. The largest absolute Gasteiger partial charge is 0.496 e. The lowest BCUT2D eigenvalue weighted by atomic mass is 10.1. The normalized spacial score (nSPS) is 11.9. The van der Waals surface area contributed by atoms with E-state index in [1.807, 2.05) is 30.3 Å². The predicted octanol–water partition coefficient (Wildman–Crippen LogP) is 5.00. The molecule has 0 spiro atoms. The van der Waals surface area contributed by atoms with Crippen LogP contribution >= 0.6 is 11.3 Å². The molecule has 0 bridgehead atoms. The van der Waals surface area contributed by atoms with Gasteiger partial charge in [0.15, 0.2) is 11.5 Å². The molecule has 0 aliphatic carbocycles. The second kappa shape index (κ2) is 9.08. The quantitative estimate of drug-likeness (QED) is 0.579. The van der Waals surface area contributed by atoms with Crippen LogP contribution in [0.15, 0.2) is 42.5 Å². The van der Waals surface area contributed by atoms with Gasteiger partial charge in [-0.1, -0.05) is 30.3 Å². The molecule has 1 aromatic heterocycles. The number of nitrogens with zero attached hydrogens (tertiary/aromatic N) is 1. The smallest absolute Gasteiger partial charge is 0.164 e. The SMILES string of the molecule is COc1cc(OC)c(OC)cc1CNC(C)c1sc(-c2ccccc2)nc1C. The van der Waals surface area contributed by atoms with Crippen LogP contribution in [0.2, 0.25) is 0 Å². The minimum atomic E-state index is 0.160. The van der Waals surface area contributed by atoms with E-state index >= 15 is 0 Å². The third-order valence-electron chi connectivity index (χ3n) is 4.63. The molecule has 3 rings (SSSR count). The van der Waals surface area contributed by atoms with Gasteiger partial charge in [0, 0.05) is 34.7 Å². The van der Waals surface area contributed by atoms with Crippen LogP contribution in [0.4, 0.5) is 0 Å². The van der Waals surface area contributed by atoms with Gasteiger partial charge in [-0.15, -0.1) is 11.3 Å². The van der Waals surface area contributed by atoms with Crippen LogP contribution in [0, 0.1) is 6.92 Å². The van der Waals surface area contributed by atoms with Crippen molar-refractivity contribution in [2.45, 2.75) is 26.4 Å². The van der Waals surface area contributed by atoms with Crippen molar-refractivity contribution in [2.75, 3.05) is 21.3 Å². The van der Waals surface area contributed by atoms with Gasteiger partial charge in [-0.05, 0) is 19.9 Å². The number of aromatic nitrogens is 1. The number of hydrogen-bond acceptors (Lipinski definition) is 6. The van der Waals surface area contributed by atoms with Gasteiger partial charge in [0.2, 0.25) is 0 Å². The van der Waals surface area contributed by atoms with E-state index in [0.717, 1.165) is 27.6 Å². The summed E-state index contributed by atoms with van der Waals surface area (Å²) in [6.07, 6.45) is 0. The van der Waals surface area contributed by atoms with Gasteiger partial charge in [-0.2, -0.15) is 0 Å². The van der Waals surface area contributed by atoms with Crippen LogP contribution in [0.3, 0.4) is 0 Å². The first-order chi connectivity index (χ1) is 13.6. The topological polar surface area (TPSA) is 52.6 Å². The molecule has 0 aliphatic rings. The highest BCUT2D eigenvalue weighted by Crippen LogP contribution is 2.35. The summed E-state index contributed by atoms with van der Waals surface area (Å²) in [5.41, 5.74) is 3.22. The zero-order chi connectivity index (χ0) is 20.1. The Morgan fingerprint density at radius 3 is 2.25 bits per heavy atom. The fraction of sp³-hybridized carbons (Fsp3) is 0.318. The van der Waals surface area contributed by atoms with E-state index in [2.05, 4.69) is 31.3 Å². The van der Waals surface area contributed by atoms with Gasteiger partial charge in [0.25, 0.3) is 0 Å². The second-order valence-electron chi connectivity index (χ2n) is 6.46. The molecular weight excluding hydrogens is 372 g/mol. The van der Waals surface area contributed by atoms with Crippen LogP contribution in [0.5, 0.6) is 17.2 Å². The van der Waals surface area contributed by atoms with E-state index in [4.69, 9.17) is 19.2 Å². The summed E-state index contributed by atoms with van der Waals surface area (Å²) in [6.45, 7) is 4.86. The number of thiazole rings is 1. The molecule has 0 amide bonds. The van der Waals surface area contributed by atoms with Gasteiger partial charge in [0.1, 0.15) is 10.8 Å². The molecule has 0 saturated carbocycles. The lowest BCUT2D eigenvalue weighted by molar-refractivity contribution is 0.346. The summed E-state index contributed by atoms with van der Waals surface area (Å²) in [5, 5.41) is 4.63. The Labute approximate surface area is 170 Å². The zero-order valence-corrected chi connectivity index (χ0v) is 17.7. The average molecular weight is 399 g/mol. The molecule has 28 heavy (non-hydrogen) atoms. The van der Waals surface area contributed by atoms with E-state index in [-0.39, 0.29) is 6.04 Å². The summed E-state index contributed by atoms with van der Waals surface area (Å²) in [5.74, 6) is 2.11.